The van der Waals surface area contributed by atoms with Crippen molar-refractivity contribution in [3.63, 3.8) is 0 Å². The second-order valence-corrected chi connectivity index (χ2v) is 4.12. The van der Waals surface area contributed by atoms with Gasteiger partial charge in [-0.15, -0.1) is 0 Å². The SMILES string of the molecule is Cc1ccc(CCOc2ccccc2N)cc1. The van der Waals surface area contributed by atoms with E-state index in [-0.39, 0.29) is 0 Å². The summed E-state index contributed by atoms with van der Waals surface area (Å²) in [5, 5.41) is 0. The van der Waals surface area contributed by atoms with Gasteiger partial charge in [-0.2, -0.15) is 0 Å². The van der Waals surface area contributed by atoms with Gasteiger partial charge in [0, 0.05) is 6.42 Å². The number of para-hydroxylation sites is 2. The van der Waals surface area contributed by atoms with Crippen molar-refractivity contribution in [1.82, 2.24) is 0 Å². The molecule has 0 unspecified atom stereocenters. The average molecular weight is 227 g/mol. The molecule has 0 amide bonds. The molecule has 0 saturated heterocycles. The van der Waals surface area contributed by atoms with E-state index in [1.165, 1.54) is 11.1 Å². The third-order valence-electron chi connectivity index (χ3n) is 2.69. The summed E-state index contributed by atoms with van der Waals surface area (Å²) < 4.78 is 5.65. The molecule has 88 valence electrons. The molecule has 0 aliphatic carbocycles. The molecule has 2 rings (SSSR count). The maximum absolute atomic E-state index is 5.79. The van der Waals surface area contributed by atoms with Crippen LogP contribution in [0.3, 0.4) is 0 Å². The van der Waals surface area contributed by atoms with E-state index in [1.54, 1.807) is 0 Å². The number of aryl methyl sites for hydroxylation is 1. The van der Waals surface area contributed by atoms with Crippen LogP contribution in [0.5, 0.6) is 5.75 Å². The molecule has 2 N–H and O–H groups in total. The van der Waals surface area contributed by atoms with Crippen LogP contribution in [0.25, 0.3) is 0 Å². The van der Waals surface area contributed by atoms with Crippen LogP contribution >= 0.6 is 0 Å². The van der Waals surface area contributed by atoms with Gasteiger partial charge in [0.15, 0.2) is 0 Å². The fourth-order valence-corrected chi connectivity index (χ4v) is 1.65. The highest BCUT2D eigenvalue weighted by Crippen LogP contribution is 2.19. The number of rotatable bonds is 4. The predicted octanol–water partition coefficient (Wildman–Crippen LogP) is 3.20. The molecule has 0 atom stereocenters. The van der Waals surface area contributed by atoms with Gasteiger partial charge in [-0.1, -0.05) is 42.0 Å². The maximum atomic E-state index is 5.79. The van der Waals surface area contributed by atoms with Gasteiger partial charge in [-0.25, -0.2) is 0 Å². The number of nitrogens with two attached hydrogens (primary N) is 1. The van der Waals surface area contributed by atoms with E-state index in [0.29, 0.717) is 12.3 Å². The molecule has 0 radical (unpaired) electrons. The Bertz CT molecular complexity index is 477. The van der Waals surface area contributed by atoms with E-state index in [1.807, 2.05) is 24.3 Å². The van der Waals surface area contributed by atoms with Gasteiger partial charge in [-0.05, 0) is 24.6 Å². The van der Waals surface area contributed by atoms with Gasteiger partial charge in [0.2, 0.25) is 0 Å². The first-order chi connectivity index (χ1) is 8.25. The number of nitrogen functional groups attached to an aromatic ring is 1. The summed E-state index contributed by atoms with van der Waals surface area (Å²) in [5.74, 6) is 0.764. The summed E-state index contributed by atoms with van der Waals surface area (Å²) in [7, 11) is 0. The van der Waals surface area contributed by atoms with Gasteiger partial charge in [0.25, 0.3) is 0 Å². The van der Waals surface area contributed by atoms with Crippen molar-refractivity contribution in [2.45, 2.75) is 13.3 Å². The first-order valence-electron chi connectivity index (χ1n) is 5.78. The Morgan fingerprint density at radius 2 is 1.71 bits per heavy atom. The number of hydrogen-bond acceptors (Lipinski definition) is 2. The molecule has 0 heterocycles. The van der Waals surface area contributed by atoms with Crippen molar-refractivity contribution in [1.29, 1.82) is 0 Å². The summed E-state index contributed by atoms with van der Waals surface area (Å²) >= 11 is 0. The second kappa shape index (κ2) is 5.39. The van der Waals surface area contributed by atoms with Gasteiger partial charge in [0.05, 0.1) is 12.3 Å². The summed E-state index contributed by atoms with van der Waals surface area (Å²) in [6.45, 7) is 2.74. The number of hydrogen-bond donors (Lipinski definition) is 1. The van der Waals surface area contributed by atoms with Crippen molar-refractivity contribution < 1.29 is 4.74 Å². The minimum atomic E-state index is 0.650. The minimum absolute atomic E-state index is 0.650. The van der Waals surface area contributed by atoms with Crippen LogP contribution in [0.4, 0.5) is 5.69 Å². The lowest BCUT2D eigenvalue weighted by molar-refractivity contribution is 0.323. The lowest BCUT2D eigenvalue weighted by Crippen LogP contribution is -2.03. The Morgan fingerprint density at radius 1 is 1.00 bits per heavy atom. The average Bonchev–Trinajstić information content (AvgIpc) is 2.34. The van der Waals surface area contributed by atoms with E-state index in [4.69, 9.17) is 10.5 Å². The van der Waals surface area contributed by atoms with Crippen LogP contribution < -0.4 is 10.5 Å². The van der Waals surface area contributed by atoms with Crippen molar-refractivity contribution in [3.8, 4) is 5.75 Å². The molecule has 17 heavy (non-hydrogen) atoms. The Hall–Kier alpha value is -1.96. The van der Waals surface area contributed by atoms with Crippen LogP contribution in [0.15, 0.2) is 48.5 Å². The monoisotopic (exact) mass is 227 g/mol. The number of anilines is 1. The zero-order valence-corrected chi connectivity index (χ0v) is 10.0. The largest absolute Gasteiger partial charge is 0.491 e. The first-order valence-corrected chi connectivity index (χ1v) is 5.78. The van der Waals surface area contributed by atoms with Crippen LogP contribution in [0, 0.1) is 6.92 Å². The lowest BCUT2D eigenvalue weighted by Gasteiger charge is -2.08. The molecule has 0 aromatic heterocycles. The zero-order valence-electron chi connectivity index (χ0n) is 10.0. The summed E-state index contributed by atoms with van der Waals surface area (Å²) in [6.07, 6.45) is 0.897. The maximum Gasteiger partial charge on any atom is 0.142 e. The first kappa shape index (κ1) is 11.5. The highest BCUT2D eigenvalue weighted by Gasteiger charge is 1.98. The van der Waals surface area contributed by atoms with Crippen molar-refractivity contribution in [2.24, 2.45) is 0 Å². The quantitative estimate of drug-likeness (QED) is 0.814. The third-order valence-corrected chi connectivity index (χ3v) is 2.69. The summed E-state index contributed by atoms with van der Waals surface area (Å²) in [4.78, 5) is 0. The molecular formula is C15H17NO. The normalized spacial score (nSPS) is 10.2. The molecule has 0 saturated carbocycles. The third kappa shape index (κ3) is 3.25. The molecule has 2 nitrogen and oxygen atoms in total. The van der Waals surface area contributed by atoms with E-state index < -0.39 is 0 Å². The Balaban J connectivity index is 1.88. The lowest BCUT2D eigenvalue weighted by atomic mass is 10.1. The van der Waals surface area contributed by atoms with Gasteiger partial charge >= 0.3 is 0 Å². The fraction of sp³-hybridized carbons (Fsp3) is 0.200. The topological polar surface area (TPSA) is 35.2 Å². The Morgan fingerprint density at radius 3 is 2.41 bits per heavy atom. The second-order valence-electron chi connectivity index (χ2n) is 4.12. The molecule has 2 aromatic carbocycles. The smallest absolute Gasteiger partial charge is 0.142 e. The van der Waals surface area contributed by atoms with Gasteiger partial charge in [-0.3, -0.25) is 0 Å². The molecule has 0 spiro atoms. The van der Waals surface area contributed by atoms with Crippen LogP contribution in [0.1, 0.15) is 11.1 Å². The standard InChI is InChI=1S/C15H17NO/c1-12-6-8-13(9-7-12)10-11-17-15-5-3-2-4-14(15)16/h2-9H,10-11,16H2,1H3. The van der Waals surface area contributed by atoms with Crippen molar-refractivity contribution in [3.05, 3.63) is 59.7 Å². The molecular weight excluding hydrogens is 210 g/mol. The molecule has 0 bridgehead atoms. The summed E-state index contributed by atoms with van der Waals surface area (Å²) in [5.41, 5.74) is 9.05. The van der Waals surface area contributed by atoms with Gasteiger partial charge in [0.1, 0.15) is 5.75 Å². The zero-order chi connectivity index (χ0) is 12.1. The molecule has 2 heteroatoms. The van der Waals surface area contributed by atoms with Crippen LogP contribution in [-0.4, -0.2) is 6.61 Å². The van der Waals surface area contributed by atoms with Crippen LogP contribution in [0.2, 0.25) is 0 Å². The fourth-order valence-electron chi connectivity index (χ4n) is 1.65. The van der Waals surface area contributed by atoms with Gasteiger partial charge < -0.3 is 10.5 Å². The minimum Gasteiger partial charge on any atom is -0.491 e. The van der Waals surface area contributed by atoms with E-state index in [0.717, 1.165) is 12.2 Å². The number of ether oxygens (including phenoxy) is 1. The summed E-state index contributed by atoms with van der Waals surface area (Å²) in [6, 6.07) is 16.1. The number of benzene rings is 2. The van der Waals surface area contributed by atoms with E-state index in [2.05, 4.69) is 31.2 Å². The molecule has 0 aliphatic rings. The van der Waals surface area contributed by atoms with Crippen molar-refractivity contribution in [2.75, 3.05) is 12.3 Å². The van der Waals surface area contributed by atoms with E-state index in [9.17, 15) is 0 Å². The molecule has 0 aliphatic heterocycles. The molecule has 0 fully saturated rings. The Kier molecular flexibility index (Phi) is 3.66. The predicted molar refractivity (Wildman–Crippen MR) is 71.2 cm³/mol. The molecule has 2 aromatic rings. The highest BCUT2D eigenvalue weighted by molar-refractivity contribution is 5.51. The Labute approximate surface area is 102 Å². The van der Waals surface area contributed by atoms with Crippen LogP contribution in [-0.2, 0) is 6.42 Å². The highest BCUT2D eigenvalue weighted by atomic mass is 16.5. The van der Waals surface area contributed by atoms with E-state index >= 15 is 0 Å². The van der Waals surface area contributed by atoms with Crippen molar-refractivity contribution >= 4 is 5.69 Å².